The fourth-order valence-corrected chi connectivity index (χ4v) is 3.20. The summed E-state index contributed by atoms with van der Waals surface area (Å²) in [4.78, 5) is 26.4. The predicted octanol–water partition coefficient (Wildman–Crippen LogP) is 3.71. The Morgan fingerprint density at radius 3 is 2.52 bits per heavy atom. The number of alkyl halides is 3. The maximum absolute atomic E-state index is 13.1. The van der Waals surface area contributed by atoms with Crippen LogP contribution in [0.4, 0.5) is 24.5 Å². The van der Waals surface area contributed by atoms with E-state index in [-0.39, 0.29) is 24.6 Å². The number of benzene rings is 2. The maximum atomic E-state index is 13.1. The predicted molar refractivity (Wildman–Crippen MR) is 100 cm³/mol. The number of para-hydroxylation sites is 1. The molecule has 1 aliphatic heterocycles. The maximum Gasteiger partial charge on any atom is 0.418 e. The summed E-state index contributed by atoms with van der Waals surface area (Å²) in [6, 6.07) is 9.61. The summed E-state index contributed by atoms with van der Waals surface area (Å²) in [6.07, 6.45) is -4.72. The van der Waals surface area contributed by atoms with Crippen LogP contribution >= 0.6 is 0 Å². The summed E-state index contributed by atoms with van der Waals surface area (Å²) in [5, 5.41) is 2.31. The SMILES string of the molecule is COc1ccc(N2C[C@H](C(=O)Nc3ccccc3C(F)(F)F)CC2=O)c(OC)c1. The number of hydrogen-bond donors (Lipinski definition) is 1. The number of methoxy groups -OCH3 is 2. The van der Waals surface area contributed by atoms with E-state index in [1.165, 1.54) is 37.3 Å². The molecule has 1 aliphatic rings. The van der Waals surface area contributed by atoms with Crippen molar-refractivity contribution in [1.29, 1.82) is 0 Å². The fourth-order valence-electron chi connectivity index (χ4n) is 3.20. The van der Waals surface area contributed by atoms with Crippen LogP contribution < -0.4 is 19.7 Å². The molecule has 2 aromatic carbocycles. The summed E-state index contributed by atoms with van der Waals surface area (Å²) in [5.41, 5.74) is -0.812. The molecule has 1 N–H and O–H groups in total. The first-order chi connectivity index (χ1) is 13.7. The molecule has 1 atom stereocenters. The number of hydrogen-bond acceptors (Lipinski definition) is 4. The molecular formula is C20H19F3N2O4. The van der Waals surface area contributed by atoms with Crippen LogP contribution in [-0.2, 0) is 15.8 Å². The van der Waals surface area contributed by atoms with Crippen LogP contribution in [-0.4, -0.2) is 32.6 Å². The Hall–Kier alpha value is -3.23. The lowest BCUT2D eigenvalue weighted by Crippen LogP contribution is -2.29. The van der Waals surface area contributed by atoms with E-state index < -0.39 is 23.6 Å². The van der Waals surface area contributed by atoms with Gasteiger partial charge >= 0.3 is 6.18 Å². The van der Waals surface area contributed by atoms with Gasteiger partial charge in [0.25, 0.3) is 0 Å². The smallest absolute Gasteiger partial charge is 0.418 e. The molecule has 0 aromatic heterocycles. The summed E-state index contributed by atoms with van der Waals surface area (Å²) < 4.78 is 49.8. The van der Waals surface area contributed by atoms with Gasteiger partial charge in [-0.2, -0.15) is 13.2 Å². The molecule has 9 heteroatoms. The number of amides is 2. The Labute approximate surface area is 165 Å². The fraction of sp³-hybridized carbons (Fsp3) is 0.300. The Balaban J connectivity index is 1.79. The van der Waals surface area contributed by atoms with Gasteiger partial charge in [0, 0.05) is 19.0 Å². The third-order valence-electron chi connectivity index (χ3n) is 4.66. The Morgan fingerprint density at radius 2 is 1.86 bits per heavy atom. The number of halogens is 3. The van der Waals surface area contributed by atoms with E-state index in [0.29, 0.717) is 17.2 Å². The number of carbonyl (C=O) groups is 2. The van der Waals surface area contributed by atoms with E-state index in [1.54, 1.807) is 18.2 Å². The Morgan fingerprint density at radius 1 is 1.14 bits per heavy atom. The molecule has 0 spiro atoms. The molecule has 1 heterocycles. The monoisotopic (exact) mass is 408 g/mol. The highest BCUT2D eigenvalue weighted by Crippen LogP contribution is 2.37. The molecule has 0 unspecified atom stereocenters. The minimum atomic E-state index is -4.60. The van der Waals surface area contributed by atoms with Gasteiger partial charge in [-0.1, -0.05) is 12.1 Å². The van der Waals surface area contributed by atoms with Crippen LogP contribution in [0, 0.1) is 5.92 Å². The minimum Gasteiger partial charge on any atom is -0.497 e. The molecule has 3 rings (SSSR count). The minimum absolute atomic E-state index is 0.0293. The van der Waals surface area contributed by atoms with Crippen molar-refractivity contribution in [3.8, 4) is 11.5 Å². The van der Waals surface area contributed by atoms with Crippen molar-refractivity contribution >= 4 is 23.2 Å². The van der Waals surface area contributed by atoms with Crippen molar-refractivity contribution < 1.29 is 32.2 Å². The van der Waals surface area contributed by atoms with E-state index >= 15 is 0 Å². The molecule has 29 heavy (non-hydrogen) atoms. The van der Waals surface area contributed by atoms with Gasteiger partial charge in [0.15, 0.2) is 0 Å². The van der Waals surface area contributed by atoms with Crippen molar-refractivity contribution in [1.82, 2.24) is 0 Å². The van der Waals surface area contributed by atoms with Crippen LogP contribution in [0.25, 0.3) is 0 Å². The number of ether oxygens (including phenoxy) is 2. The van der Waals surface area contributed by atoms with Gasteiger partial charge in [-0.05, 0) is 24.3 Å². The van der Waals surface area contributed by atoms with Gasteiger partial charge in [-0.15, -0.1) is 0 Å². The molecule has 0 aliphatic carbocycles. The van der Waals surface area contributed by atoms with Crippen molar-refractivity contribution in [3.05, 3.63) is 48.0 Å². The van der Waals surface area contributed by atoms with Gasteiger partial charge in [0.1, 0.15) is 11.5 Å². The van der Waals surface area contributed by atoms with Crippen LogP contribution in [0.3, 0.4) is 0 Å². The molecule has 6 nitrogen and oxygen atoms in total. The number of nitrogens with zero attached hydrogens (tertiary/aromatic N) is 1. The van der Waals surface area contributed by atoms with E-state index in [0.717, 1.165) is 6.07 Å². The van der Waals surface area contributed by atoms with Gasteiger partial charge in [0.05, 0.1) is 37.1 Å². The Kier molecular flexibility index (Phi) is 5.67. The second-order valence-corrected chi connectivity index (χ2v) is 6.48. The van der Waals surface area contributed by atoms with Crippen molar-refractivity contribution in [2.75, 3.05) is 31.0 Å². The quantitative estimate of drug-likeness (QED) is 0.819. The highest BCUT2D eigenvalue weighted by atomic mass is 19.4. The molecule has 2 amide bonds. The average Bonchev–Trinajstić information content (AvgIpc) is 3.08. The van der Waals surface area contributed by atoms with Crippen molar-refractivity contribution in [2.24, 2.45) is 5.92 Å². The van der Waals surface area contributed by atoms with E-state index in [1.807, 2.05) is 0 Å². The van der Waals surface area contributed by atoms with Crippen molar-refractivity contribution in [3.63, 3.8) is 0 Å². The second kappa shape index (κ2) is 8.02. The van der Waals surface area contributed by atoms with E-state index in [9.17, 15) is 22.8 Å². The first-order valence-corrected chi connectivity index (χ1v) is 8.74. The highest BCUT2D eigenvalue weighted by molar-refractivity contribution is 6.04. The zero-order chi connectivity index (χ0) is 21.2. The average molecular weight is 408 g/mol. The summed E-state index contributed by atoms with van der Waals surface area (Å²) in [7, 11) is 2.94. The van der Waals surface area contributed by atoms with Gasteiger partial charge in [0.2, 0.25) is 11.8 Å². The lowest BCUT2D eigenvalue weighted by Gasteiger charge is -2.20. The van der Waals surface area contributed by atoms with Crippen LogP contribution in [0.5, 0.6) is 11.5 Å². The van der Waals surface area contributed by atoms with E-state index in [4.69, 9.17) is 9.47 Å². The first-order valence-electron chi connectivity index (χ1n) is 8.74. The van der Waals surface area contributed by atoms with Crippen LogP contribution in [0.2, 0.25) is 0 Å². The normalized spacial score (nSPS) is 16.7. The van der Waals surface area contributed by atoms with Crippen LogP contribution in [0.15, 0.2) is 42.5 Å². The zero-order valence-corrected chi connectivity index (χ0v) is 15.7. The van der Waals surface area contributed by atoms with Gasteiger partial charge in [-0.3, -0.25) is 9.59 Å². The highest BCUT2D eigenvalue weighted by Gasteiger charge is 2.38. The topological polar surface area (TPSA) is 67.9 Å². The lowest BCUT2D eigenvalue weighted by atomic mass is 10.1. The molecule has 154 valence electrons. The second-order valence-electron chi connectivity index (χ2n) is 6.48. The summed E-state index contributed by atoms with van der Waals surface area (Å²) >= 11 is 0. The number of carbonyl (C=O) groups excluding carboxylic acids is 2. The standard InChI is InChI=1S/C20H19F3N2O4/c1-28-13-7-8-16(17(10-13)29-2)25-11-12(9-18(25)26)19(27)24-15-6-4-3-5-14(15)20(21,22)23/h3-8,10,12H,9,11H2,1-2H3,(H,24,27)/t12-/m1/s1. The number of rotatable bonds is 5. The molecule has 0 bridgehead atoms. The third-order valence-corrected chi connectivity index (χ3v) is 4.66. The number of nitrogens with one attached hydrogen (secondary N) is 1. The van der Waals surface area contributed by atoms with Crippen molar-refractivity contribution in [2.45, 2.75) is 12.6 Å². The molecular weight excluding hydrogens is 389 g/mol. The molecule has 1 saturated heterocycles. The van der Waals surface area contributed by atoms with Gasteiger partial charge in [-0.25, -0.2) is 0 Å². The first kappa shape index (κ1) is 20.5. The molecule has 1 fully saturated rings. The van der Waals surface area contributed by atoms with Crippen LogP contribution in [0.1, 0.15) is 12.0 Å². The van der Waals surface area contributed by atoms with E-state index in [2.05, 4.69) is 5.32 Å². The number of anilines is 2. The molecule has 0 saturated carbocycles. The molecule has 0 radical (unpaired) electrons. The summed E-state index contributed by atoms with van der Waals surface area (Å²) in [6.45, 7) is 0.0293. The van der Waals surface area contributed by atoms with Gasteiger partial charge < -0.3 is 19.7 Å². The third kappa shape index (κ3) is 4.28. The zero-order valence-electron chi connectivity index (χ0n) is 15.7. The molecule has 2 aromatic rings. The summed E-state index contributed by atoms with van der Waals surface area (Å²) in [5.74, 6) is -0.838. The Bertz CT molecular complexity index is 930. The largest absolute Gasteiger partial charge is 0.497 e. The lowest BCUT2D eigenvalue weighted by molar-refractivity contribution is -0.137.